The molecule has 0 saturated carbocycles. The molecule has 1 fully saturated rings. The Balaban J connectivity index is 1.72. The Bertz CT molecular complexity index is 728. The first-order chi connectivity index (χ1) is 11.1. The van der Waals surface area contributed by atoms with Gasteiger partial charge in [0.1, 0.15) is 12.1 Å². The maximum Gasteiger partial charge on any atom is 0.326 e. The summed E-state index contributed by atoms with van der Waals surface area (Å²) in [6, 6.07) is 6.29. The van der Waals surface area contributed by atoms with Gasteiger partial charge in [-0.05, 0) is 25.0 Å². The molecule has 2 N–H and O–H groups in total. The maximum absolute atomic E-state index is 12.0. The van der Waals surface area contributed by atoms with E-state index in [1.54, 1.807) is 0 Å². The van der Waals surface area contributed by atoms with Crippen molar-refractivity contribution in [3.63, 3.8) is 0 Å². The quantitative estimate of drug-likeness (QED) is 0.851. The van der Waals surface area contributed by atoms with Crippen molar-refractivity contribution in [1.29, 1.82) is 0 Å². The predicted molar refractivity (Wildman–Crippen MR) is 81.8 cm³/mol. The Labute approximate surface area is 132 Å². The van der Waals surface area contributed by atoms with E-state index < -0.39 is 18.1 Å². The molecule has 1 amide bonds. The first kappa shape index (κ1) is 15.4. The fraction of sp³-hybridized carbons (Fsp3) is 0.375. The van der Waals surface area contributed by atoms with Crippen LogP contribution in [-0.2, 0) is 20.7 Å². The molecule has 7 nitrogen and oxygen atoms in total. The van der Waals surface area contributed by atoms with E-state index in [1.165, 1.54) is 6.20 Å². The number of ether oxygens (including phenoxy) is 1. The van der Waals surface area contributed by atoms with Crippen molar-refractivity contribution in [2.75, 3.05) is 6.61 Å². The Kier molecular flexibility index (Phi) is 4.47. The van der Waals surface area contributed by atoms with Crippen molar-refractivity contribution in [3.05, 3.63) is 36.2 Å². The maximum atomic E-state index is 12.0. The van der Waals surface area contributed by atoms with E-state index in [-0.39, 0.29) is 12.3 Å². The minimum atomic E-state index is -1.11. The zero-order valence-electron chi connectivity index (χ0n) is 12.4. The number of nitrogens with zero attached hydrogens (tertiary/aromatic N) is 2. The minimum absolute atomic E-state index is 0.0750. The van der Waals surface area contributed by atoms with Crippen LogP contribution >= 0.6 is 0 Å². The van der Waals surface area contributed by atoms with E-state index in [2.05, 4.69) is 15.3 Å². The molecular weight excluding hydrogens is 298 g/mol. The second-order valence-electron chi connectivity index (χ2n) is 5.46. The summed E-state index contributed by atoms with van der Waals surface area (Å²) in [4.78, 5) is 32.1. The van der Waals surface area contributed by atoms with Crippen LogP contribution in [0.5, 0.6) is 0 Å². The number of para-hydroxylation sites is 2. The van der Waals surface area contributed by atoms with Crippen LogP contribution < -0.4 is 5.32 Å². The molecule has 1 aromatic heterocycles. The number of amides is 1. The molecule has 1 saturated heterocycles. The highest BCUT2D eigenvalue weighted by molar-refractivity contribution is 5.86. The molecule has 120 valence electrons. The number of benzene rings is 1. The number of carbonyl (C=O) groups is 2. The third-order valence-electron chi connectivity index (χ3n) is 3.75. The average Bonchev–Trinajstić information content (AvgIpc) is 3.08. The molecular formula is C16H17N3O4. The van der Waals surface area contributed by atoms with Crippen LogP contribution in [0, 0.1) is 0 Å². The Morgan fingerprint density at radius 2 is 2.13 bits per heavy atom. The van der Waals surface area contributed by atoms with Gasteiger partial charge in [0.2, 0.25) is 5.91 Å². The average molecular weight is 315 g/mol. The van der Waals surface area contributed by atoms with Gasteiger partial charge in [-0.25, -0.2) is 9.78 Å². The summed E-state index contributed by atoms with van der Waals surface area (Å²) in [5.41, 5.74) is 1.95. The van der Waals surface area contributed by atoms with Gasteiger partial charge in [0.15, 0.2) is 0 Å². The molecule has 7 heteroatoms. The molecule has 0 spiro atoms. The number of carbonyl (C=O) groups excluding carboxylic acids is 1. The largest absolute Gasteiger partial charge is 0.480 e. The van der Waals surface area contributed by atoms with Gasteiger partial charge in [0, 0.05) is 19.2 Å². The summed E-state index contributed by atoms with van der Waals surface area (Å²) in [7, 11) is 0. The van der Waals surface area contributed by atoms with E-state index in [0.29, 0.717) is 24.2 Å². The fourth-order valence-corrected chi connectivity index (χ4v) is 2.55. The van der Waals surface area contributed by atoms with Gasteiger partial charge in [-0.3, -0.25) is 9.78 Å². The smallest absolute Gasteiger partial charge is 0.326 e. The molecule has 1 aliphatic rings. The summed E-state index contributed by atoms with van der Waals surface area (Å²) >= 11 is 0. The number of carboxylic acids is 1. The molecule has 1 aliphatic heterocycles. The van der Waals surface area contributed by atoms with Gasteiger partial charge in [-0.1, -0.05) is 12.1 Å². The lowest BCUT2D eigenvalue weighted by atomic mass is 10.1. The van der Waals surface area contributed by atoms with Gasteiger partial charge in [0.05, 0.1) is 16.7 Å². The Morgan fingerprint density at radius 3 is 2.83 bits per heavy atom. The molecule has 0 unspecified atom stereocenters. The lowest BCUT2D eigenvalue weighted by Gasteiger charge is -2.17. The number of hydrogen-bond donors (Lipinski definition) is 2. The summed E-state index contributed by atoms with van der Waals surface area (Å²) in [6.45, 7) is 0.534. The second kappa shape index (κ2) is 6.70. The molecule has 23 heavy (non-hydrogen) atoms. The van der Waals surface area contributed by atoms with Gasteiger partial charge in [0.25, 0.3) is 0 Å². The third-order valence-corrected chi connectivity index (χ3v) is 3.75. The van der Waals surface area contributed by atoms with Crippen LogP contribution in [0.25, 0.3) is 11.0 Å². The van der Waals surface area contributed by atoms with Crippen LogP contribution in [0.1, 0.15) is 18.5 Å². The first-order valence-corrected chi connectivity index (χ1v) is 7.49. The number of nitrogens with one attached hydrogen (secondary N) is 1. The molecule has 2 atom stereocenters. The van der Waals surface area contributed by atoms with E-state index in [0.717, 1.165) is 11.9 Å². The highest BCUT2D eigenvalue weighted by atomic mass is 16.5. The van der Waals surface area contributed by atoms with Crippen molar-refractivity contribution < 1.29 is 19.4 Å². The lowest BCUT2D eigenvalue weighted by molar-refractivity contribution is -0.143. The zero-order valence-corrected chi connectivity index (χ0v) is 12.4. The zero-order chi connectivity index (χ0) is 16.2. The fourth-order valence-electron chi connectivity index (χ4n) is 2.55. The van der Waals surface area contributed by atoms with Crippen molar-refractivity contribution in [1.82, 2.24) is 15.3 Å². The van der Waals surface area contributed by atoms with Crippen molar-refractivity contribution >= 4 is 22.9 Å². The monoisotopic (exact) mass is 315 g/mol. The molecule has 0 bridgehead atoms. The first-order valence-electron chi connectivity index (χ1n) is 7.49. The molecule has 0 radical (unpaired) electrons. The van der Waals surface area contributed by atoms with Crippen LogP contribution in [0.4, 0.5) is 0 Å². The summed E-state index contributed by atoms with van der Waals surface area (Å²) in [5.74, 6) is -1.49. The SMILES string of the molecule is O=C(N[C@H](Cc1cnc2ccccc2n1)C(=O)O)[C@@H]1CCCO1. The highest BCUT2D eigenvalue weighted by Crippen LogP contribution is 2.13. The number of hydrogen-bond acceptors (Lipinski definition) is 5. The molecule has 3 rings (SSSR count). The lowest BCUT2D eigenvalue weighted by Crippen LogP contribution is -2.46. The summed E-state index contributed by atoms with van der Waals surface area (Å²) in [6.07, 6.45) is 2.49. The van der Waals surface area contributed by atoms with Gasteiger partial charge >= 0.3 is 5.97 Å². The number of carboxylic acid groups (broad SMARTS) is 1. The second-order valence-corrected chi connectivity index (χ2v) is 5.46. The van der Waals surface area contributed by atoms with Crippen molar-refractivity contribution in [2.24, 2.45) is 0 Å². The van der Waals surface area contributed by atoms with Crippen LogP contribution in [-0.4, -0.2) is 45.7 Å². The predicted octanol–water partition coefficient (Wildman–Crippen LogP) is 0.921. The number of aliphatic carboxylic acids is 1. The standard InChI is InChI=1S/C16H17N3O4/c20-15(14-6-3-7-23-14)19-13(16(21)22)8-10-9-17-11-4-1-2-5-12(11)18-10/h1-2,4-5,9,13-14H,3,6-8H2,(H,19,20)(H,21,22)/t13-,14+/m1/s1. The van der Waals surface area contributed by atoms with Crippen LogP contribution in [0.2, 0.25) is 0 Å². The molecule has 2 aromatic rings. The minimum Gasteiger partial charge on any atom is -0.480 e. The Morgan fingerprint density at radius 1 is 1.35 bits per heavy atom. The van der Waals surface area contributed by atoms with Gasteiger partial charge in [-0.15, -0.1) is 0 Å². The Hall–Kier alpha value is -2.54. The van der Waals surface area contributed by atoms with E-state index in [9.17, 15) is 14.7 Å². The highest BCUT2D eigenvalue weighted by Gasteiger charge is 2.28. The molecule has 1 aromatic carbocycles. The normalized spacial score (nSPS) is 18.7. The van der Waals surface area contributed by atoms with Gasteiger partial charge < -0.3 is 15.2 Å². The number of fused-ring (bicyclic) bond motifs is 1. The van der Waals surface area contributed by atoms with Crippen molar-refractivity contribution in [2.45, 2.75) is 31.4 Å². The van der Waals surface area contributed by atoms with Gasteiger partial charge in [-0.2, -0.15) is 0 Å². The van der Waals surface area contributed by atoms with E-state index >= 15 is 0 Å². The van der Waals surface area contributed by atoms with Crippen LogP contribution in [0.3, 0.4) is 0 Å². The summed E-state index contributed by atoms with van der Waals surface area (Å²) < 4.78 is 5.27. The molecule has 0 aliphatic carbocycles. The van der Waals surface area contributed by atoms with Crippen LogP contribution in [0.15, 0.2) is 30.5 Å². The molecule has 2 heterocycles. The van der Waals surface area contributed by atoms with E-state index in [1.807, 2.05) is 24.3 Å². The van der Waals surface area contributed by atoms with Crippen molar-refractivity contribution in [3.8, 4) is 0 Å². The topological polar surface area (TPSA) is 101 Å². The van der Waals surface area contributed by atoms with E-state index in [4.69, 9.17) is 4.74 Å². The number of aromatic nitrogens is 2. The summed E-state index contributed by atoms with van der Waals surface area (Å²) in [5, 5.41) is 11.9. The third kappa shape index (κ3) is 3.62. The number of rotatable bonds is 5.